The second kappa shape index (κ2) is 5.57. The standard InChI is InChI=1S/C15H22BrN3O2/c1-14(2)8-11(9-15(3,4)18-14)17-12-6-5-10(16)7-13(12)19(20)21/h5-7,11,17-18H,8-9H2,1-4H3. The Labute approximate surface area is 133 Å². The van der Waals surface area contributed by atoms with Gasteiger partial charge in [0.05, 0.1) is 4.92 Å². The number of nitrogens with one attached hydrogen (secondary N) is 2. The van der Waals surface area contributed by atoms with E-state index in [0.717, 1.165) is 12.8 Å². The molecule has 1 saturated heterocycles. The first-order valence-electron chi connectivity index (χ1n) is 7.08. The predicted molar refractivity (Wildman–Crippen MR) is 88.7 cm³/mol. The molecule has 1 fully saturated rings. The van der Waals surface area contributed by atoms with E-state index in [1.54, 1.807) is 12.1 Å². The first kappa shape index (κ1) is 16.2. The average molecular weight is 356 g/mol. The SMILES string of the molecule is CC1(C)CC(Nc2ccc(Br)cc2[N+](=O)[O-])CC(C)(C)N1. The quantitative estimate of drug-likeness (QED) is 0.633. The van der Waals surface area contributed by atoms with Crippen molar-refractivity contribution in [3.8, 4) is 0 Å². The molecule has 0 aromatic heterocycles. The van der Waals surface area contributed by atoms with Gasteiger partial charge in [-0.25, -0.2) is 0 Å². The third-order valence-electron chi connectivity index (χ3n) is 3.71. The highest BCUT2D eigenvalue weighted by Crippen LogP contribution is 2.34. The van der Waals surface area contributed by atoms with Crippen LogP contribution in [0.4, 0.5) is 11.4 Å². The van der Waals surface area contributed by atoms with Crippen molar-refractivity contribution in [2.75, 3.05) is 5.32 Å². The minimum atomic E-state index is -0.343. The lowest BCUT2D eigenvalue weighted by Crippen LogP contribution is -2.60. The van der Waals surface area contributed by atoms with Crippen molar-refractivity contribution in [3.05, 3.63) is 32.8 Å². The number of nitro groups is 1. The van der Waals surface area contributed by atoms with Crippen LogP contribution in [-0.2, 0) is 0 Å². The molecule has 0 unspecified atom stereocenters. The van der Waals surface area contributed by atoms with E-state index in [2.05, 4.69) is 54.3 Å². The Kier molecular flexibility index (Phi) is 4.31. The summed E-state index contributed by atoms with van der Waals surface area (Å²) in [6, 6.07) is 5.34. The molecule has 116 valence electrons. The normalized spacial score (nSPS) is 21.0. The molecule has 1 heterocycles. The van der Waals surface area contributed by atoms with Gasteiger partial charge in [-0.05, 0) is 52.7 Å². The van der Waals surface area contributed by atoms with E-state index in [1.807, 2.05) is 6.07 Å². The van der Waals surface area contributed by atoms with Gasteiger partial charge in [-0.15, -0.1) is 0 Å². The number of hydrogen-bond acceptors (Lipinski definition) is 4. The Bertz CT molecular complexity index is 542. The maximum Gasteiger partial charge on any atom is 0.293 e. The number of nitro benzene ring substituents is 1. The van der Waals surface area contributed by atoms with Gasteiger partial charge in [0.15, 0.2) is 0 Å². The summed E-state index contributed by atoms with van der Waals surface area (Å²) < 4.78 is 0.714. The number of hydrogen-bond donors (Lipinski definition) is 2. The molecule has 0 amide bonds. The van der Waals surface area contributed by atoms with Crippen LogP contribution in [0.2, 0.25) is 0 Å². The second-order valence-corrected chi connectivity index (χ2v) is 7.98. The third kappa shape index (κ3) is 4.17. The van der Waals surface area contributed by atoms with Crippen molar-refractivity contribution in [2.24, 2.45) is 0 Å². The van der Waals surface area contributed by atoms with E-state index in [4.69, 9.17) is 0 Å². The second-order valence-electron chi connectivity index (χ2n) is 7.06. The minimum Gasteiger partial charge on any atom is -0.377 e. The fraction of sp³-hybridized carbons (Fsp3) is 0.600. The molecule has 0 saturated carbocycles. The lowest BCUT2D eigenvalue weighted by molar-refractivity contribution is -0.384. The maximum absolute atomic E-state index is 11.2. The predicted octanol–water partition coefficient (Wildman–Crippen LogP) is 4.08. The molecular weight excluding hydrogens is 334 g/mol. The van der Waals surface area contributed by atoms with Crippen LogP contribution in [0.25, 0.3) is 0 Å². The van der Waals surface area contributed by atoms with E-state index in [9.17, 15) is 10.1 Å². The van der Waals surface area contributed by atoms with Gasteiger partial charge < -0.3 is 10.6 Å². The number of piperidine rings is 1. The Balaban J connectivity index is 2.24. The van der Waals surface area contributed by atoms with Crippen LogP contribution < -0.4 is 10.6 Å². The van der Waals surface area contributed by atoms with Gasteiger partial charge >= 0.3 is 0 Å². The van der Waals surface area contributed by atoms with Crippen LogP contribution >= 0.6 is 15.9 Å². The van der Waals surface area contributed by atoms with Gasteiger partial charge in [-0.2, -0.15) is 0 Å². The molecular formula is C15H22BrN3O2. The molecule has 0 spiro atoms. The van der Waals surface area contributed by atoms with Crippen molar-refractivity contribution < 1.29 is 4.92 Å². The molecule has 0 radical (unpaired) electrons. The van der Waals surface area contributed by atoms with Crippen LogP contribution in [0.15, 0.2) is 22.7 Å². The molecule has 0 atom stereocenters. The highest BCUT2D eigenvalue weighted by Gasteiger charge is 2.38. The molecule has 1 aliphatic rings. The molecule has 21 heavy (non-hydrogen) atoms. The maximum atomic E-state index is 11.2. The number of rotatable bonds is 3. The van der Waals surface area contributed by atoms with Crippen molar-refractivity contribution in [3.63, 3.8) is 0 Å². The zero-order chi connectivity index (χ0) is 15.8. The van der Waals surface area contributed by atoms with Crippen molar-refractivity contribution in [1.82, 2.24) is 5.32 Å². The van der Waals surface area contributed by atoms with Gasteiger partial charge in [-0.1, -0.05) is 15.9 Å². The molecule has 1 aromatic rings. The summed E-state index contributed by atoms with van der Waals surface area (Å²) >= 11 is 3.28. The Morgan fingerprint density at radius 3 is 2.38 bits per heavy atom. The van der Waals surface area contributed by atoms with E-state index in [-0.39, 0.29) is 27.7 Å². The Morgan fingerprint density at radius 2 is 1.86 bits per heavy atom. The number of benzene rings is 1. The molecule has 0 bridgehead atoms. The summed E-state index contributed by atoms with van der Waals surface area (Å²) in [6.45, 7) is 8.66. The van der Waals surface area contributed by atoms with E-state index >= 15 is 0 Å². The molecule has 0 aliphatic carbocycles. The summed E-state index contributed by atoms with van der Waals surface area (Å²) in [4.78, 5) is 10.9. The van der Waals surface area contributed by atoms with Gasteiger partial charge in [0.25, 0.3) is 5.69 Å². The van der Waals surface area contributed by atoms with Crippen LogP contribution in [0.1, 0.15) is 40.5 Å². The summed E-state index contributed by atoms with van der Waals surface area (Å²) in [5.41, 5.74) is 0.702. The Hall–Kier alpha value is -1.14. The van der Waals surface area contributed by atoms with E-state index in [0.29, 0.717) is 10.2 Å². The van der Waals surface area contributed by atoms with Gasteiger partial charge in [0, 0.05) is 27.7 Å². The highest BCUT2D eigenvalue weighted by atomic mass is 79.9. The zero-order valence-corrected chi connectivity index (χ0v) is 14.5. The van der Waals surface area contributed by atoms with Gasteiger partial charge in [0.1, 0.15) is 5.69 Å². The molecule has 2 rings (SSSR count). The lowest BCUT2D eigenvalue weighted by Gasteiger charge is -2.46. The molecule has 1 aliphatic heterocycles. The zero-order valence-electron chi connectivity index (χ0n) is 12.9. The van der Waals surface area contributed by atoms with Crippen molar-refractivity contribution in [2.45, 2.75) is 57.7 Å². The molecule has 2 N–H and O–H groups in total. The van der Waals surface area contributed by atoms with Crippen molar-refractivity contribution in [1.29, 1.82) is 0 Å². The number of anilines is 1. The topological polar surface area (TPSA) is 67.2 Å². The summed E-state index contributed by atoms with van der Waals surface area (Å²) in [6.07, 6.45) is 1.84. The molecule has 1 aromatic carbocycles. The van der Waals surface area contributed by atoms with E-state index in [1.165, 1.54) is 0 Å². The summed E-state index contributed by atoms with van der Waals surface area (Å²) in [5.74, 6) is 0. The number of nitrogens with zero attached hydrogens (tertiary/aromatic N) is 1. The summed E-state index contributed by atoms with van der Waals surface area (Å²) in [5, 5.41) is 18.2. The first-order chi connectivity index (χ1) is 9.58. The average Bonchev–Trinajstić information content (AvgIpc) is 2.27. The van der Waals surface area contributed by atoms with Crippen molar-refractivity contribution >= 4 is 27.3 Å². The lowest BCUT2D eigenvalue weighted by atomic mass is 9.79. The van der Waals surface area contributed by atoms with E-state index < -0.39 is 0 Å². The van der Waals surface area contributed by atoms with Gasteiger partial charge in [0.2, 0.25) is 0 Å². The van der Waals surface area contributed by atoms with Crippen LogP contribution in [0.5, 0.6) is 0 Å². The third-order valence-corrected chi connectivity index (χ3v) is 4.20. The molecule has 5 nitrogen and oxygen atoms in total. The monoisotopic (exact) mass is 355 g/mol. The largest absolute Gasteiger partial charge is 0.377 e. The fourth-order valence-electron chi connectivity index (χ4n) is 3.42. The number of halogens is 1. The summed E-state index contributed by atoms with van der Waals surface area (Å²) in [7, 11) is 0. The fourth-order valence-corrected chi connectivity index (χ4v) is 3.77. The van der Waals surface area contributed by atoms with Gasteiger partial charge in [-0.3, -0.25) is 10.1 Å². The van der Waals surface area contributed by atoms with Crippen LogP contribution in [0, 0.1) is 10.1 Å². The highest BCUT2D eigenvalue weighted by molar-refractivity contribution is 9.10. The van der Waals surface area contributed by atoms with Crippen LogP contribution in [-0.4, -0.2) is 22.0 Å². The first-order valence-corrected chi connectivity index (χ1v) is 7.87. The smallest absolute Gasteiger partial charge is 0.293 e. The minimum absolute atomic E-state index is 0.00353. The molecule has 6 heteroatoms. The van der Waals surface area contributed by atoms with Crippen LogP contribution in [0.3, 0.4) is 0 Å². The Morgan fingerprint density at radius 1 is 1.29 bits per heavy atom.